The van der Waals surface area contributed by atoms with Crippen molar-refractivity contribution < 1.29 is 9.90 Å². The molecule has 0 saturated carbocycles. The molecule has 0 aliphatic rings. The summed E-state index contributed by atoms with van der Waals surface area (Å²) in [4.78, 5) is 25.0. The predicted octanol–water partition coefficient (Wildman–Crippen LogP) is 1.19. The average molecular weight is 249 g/mol. The fourth-order valence-corrected chi connectivity index (χ4v) is 1.54. The Kier molecular flexibility index (Phi) is 2.84. The number of aromatic carboxylic acids is 1. The van der Waals surface area contributed by atoms with Crippen LogP contribution in [0.25, 0.3) is 11.3 Å². The van der Waals surface area contributed by atoms with Crippen LogP contribution in [0.1, 0.15) is 10.4 Å². The van der Waals surface area contributed by atoms with Gasteiger partial charge in [0.15, 0.2) is 10.5 Å². The maximum atomic E-state index is 11.6. The van der Waals surface area contributed by atoms with Crippen molar-refractivity contribution in [2.24, 2.45) is 0 Å². The van der Waals surface area contributed by atoms with E-state index < -0.39 is 11.5 Å². The summed E-state index contributed by atoms with van der Waals surface area (Å²) in [6, 6.07) is 6.12. The molecule has 1 aromatic heterocycles. The summed E-state index contributed by atoms with van der Waals surface area (Å²) in [5.74, 6) is -1.12. The van der Waals surface area contributed by atoms with Gasteiger partial charge in [0, 0.05) is 5.56 Å². The van der Waals surface area contributed by atoms with Gasteiger partial charge >= 0.3 is 5.97 Å². The third-order valence-electron chi connectivity index (χ3n) is 2.12. The molecule has 17 heavy (non-hydrogen) atoms. The monoisotopic (exact) mass is 249 g/mol. The highest BCUT2D eigenvalue weighted by Gasteiger charge is 2.14. The van der Waals surface area contributed by atoms with Crippen LogP contribution in [0.15, 0.2) is 29.1 Å². The first-order chi connectivity index (χ1) is 8.09. The number of carbonyl (C=O) groups is 1. The predicted molar refractivity (Wildman–Crippen MR) is 62.4 cm³/mol. The van der Waals surface area contributed by atoms with Gasteiger partial charge < -0.3 is 5.11 Å². The van der Waals surface area contributed by atoms with Gasteiger partial charge in [0.2, 0.25) is 0 Å². The fraction of sp³-hybridized carbons (Fsp3) is 0. The van der Waals surface area contributed by atoms with Crippen molar-refractivity contribution in [3.63, 3.8) is 0 Å². The van der Waals surface area contributed by atoms with Crippen molar-refractivity contribution in [1.82, 2.24) is 15.2 Å². The molecule has 1 heterocycles. The molecule has 2 aromatic rings. The third-order valence-corrected chi connectivity index (χ3v) is 2.32. The van der Waals surface area contributed by atoms with Gasteiger partial charge in [0.25, 0.3) is 5.56 Å². The molecule has 0 unspecified atom stereocenters. The van der Waals surface area contributed by atoms with Crippen molar-refractivity contribution in [3.05, 3.63) is 45.0 Å². The minimum absolute atomic E-state index is 0.00315. The molecule has 1 aromatic carbocycles. The minimum atomic E-state index is -1.12. The van der Waals surface area contributed by atoms with E-state index in [2.05, 4.69) is 15.2 Å². The normalized spacial score (nSPS) is 10.1. The Morgan fingerprint density at radius 3 is 2.71 bits per heavy atom. The number of rotatable bonds is 2. The van der Waals surface area contributed by atoms with Crippen molar-refractivity contribution in [3.8, 4) is 11.3 Å². The molecule has 86 valence electrons. The van der Waals surface area contributed by atoms with E-state index >= 15 is 0 Å². The molecule has 0 spiro atoms. The highest BCUT2D eigenvalue weighted by atomic mass is 32.1. The smallest absolute Gasteiger partial charge is 0.336 e. The quantitative estimate of drug-likeness (QED) is 0.694. The van der Waals surface area contributed by atoms with Gasteiger partial charge in [-0.3, -0.25) is 14.9 Å². The first-order valence-corrected chi connectivity index (χ1v) is 5.02. The summed E-state index contributed by atoms with van der Waals surface area (Å²) in [6.45, 7) is 0. The lowest BCUT2D eigenvalue weighted by atomic mass is 10.1. The third kappa shape index (κ3) is 2.13. The van der Waals surface area contributed by atoms with E-state index in [0.717, 1.165) is 0 Å². The number of hydrogen-bond acceptors (Lipinski definition) is 4. The van der Waals surface area contributed by atoms with Gasteiger partial charge in [-0.1, -0.05) is 18.2 Å². The van der Waals surface area contributed by atoms with Gasteiger partial charge in [-0.2, -0.15) is 5.10 Å². The van der Waals surface area contributed by atoms with E-state index in [1.807, 2.05) is 0 Å². The second kappa shape index (κ2) is 4.30. The number of hydrogen-bond donors (Lipinski definition) is 3. The Morgan fingerprint density at radius 2 is 2.06 bits per heavy atom. The van der Waals surface area contributed by atoms with Gasteiger partial charge in [-0.15, -0.1) is 0 Å². The van der Waals surface area contributed by atoms with Crippen LogP contribution in [-0.2, 0) is 0 Å². The van der Waals surface area contributed by atoms with Crippen LogP contribution >= 0.6 is 12.2 Å². The summed E-state index contributed by atoms with van der Waals surface area (Å²) >= 11 is 4.70. The van der Waals surface area contributed by atoms with Gasteiger partial charge in [-0.25, -0.2) is 4.79 Å². The zero-order valence-corrected chi connectivity index (χ0v) is 9.25. The molecule has 0 saturated heterocycles. The average Bonchev–Trinajstić information content (AvgIpc) is 2.29. The van der Waals surface area contributed by atoms with Crippen molar-refractivity contribution in [2.75, 3.05) is 0 Å². The van der Waals surface area contributed by atoms with Crippen LogP contribution in [0.4, 0.5) is 0 Å². The molecular weight excluding hydrogens is 242 g/mol. The number of carboxylic acid groups (broad SMARTS) is 1. The topological polar surface area (TPSA) is 98.8 Å². The Balaban J connectivity index is 2.73. The molecule has 6 nitrogen and oxygen atoms in total. The summed E-state index contributed by atoms with van der Waals surface area (Å²) < 4.78 is 0.0894. The molecule has 2 rings (SSSR count). The van der Waals surface area contributed by atoms with E-state index in [1.54, 1.807) is 12.1 Å². The summed E-state index contributed by atoms with van der Waals surface area (Å²) in [5, 5.41) is 15.2. The van der Waals surface area contributed by atoms with Crippen LogP contribution in [0.5, 0.6) is 0 Å². The number of benzene rings is 1. The van der Waals surface area contributed by atoms with Crippen LogP contribution in [-0.4, -0.2) is 26.3 Å². The molecule has 0 radical (unpaired) electrons. The molecule has 3 N–H and O–H groups in total. The molecule has 0 amide bonds. The highest BCUT2D eigenvalue weighted by molar-refractivity contribution is 7.71. The zero-order valence-electron chi connectivity index (χ0n) is 8.43. The van der Waals surface area contributed by atoms with Gasteiger partial charge in [0.05, 0.1) is 5.56 Å². The molecule has 7 heteroatoms. The van der Waals surface area contributed by atoms with Crippen molar-refractivity contribution in [2.45, 2.75) is 0 Å². The standard InChI is InChI=1S/C10H7N3O3S/c14-8-7(12-13-10(17)11-8)5-3-1-2-4-6(5)9(15)16/h1-4H,(H,15,16)(H2,11,13,14,17). The van der Waals surface area contributed by atoms with Crippen LogP contribution in [0, 0.1) is 4.77 Å². The molecule has 0 atom stereocenters. The minimum Gasteiger partial charge on any atom is -0.478 e. The Hall–Kier alpha value is -2.28. The summed E-state index contributed by atoms with van der Waals surface area (Å²) in [5.41, 5.74) is -0.275. The van der Waals surface area contributed by atoms with Crippen LogP contribution < -0.4 is 5.56 Å². The number of aromatic amines is 2. The SMILES string of the molecule is O=C(O)c1ccccc1-c1n[nH]c(=S)[nH]c1=O. The lowest BCUT2D eigenvalue weighted by molar-refractivity contribution is 0.0697. The maximum absolute atomic E-state index is 11.6. The number of H-pyrrole nitrogens is 2. The van der Waals surface area contributed by atoms with Crippen molar-refractivity contribution in [1.29, 1.82) is 0 Å². The number of carboxylic acids is 1. The van der Waals surface area contributed by atoms with E-state index in [9.17, 15) is 9.59 Å². The molecular formula is C10H7N3O3S. The van der Waals surface area contributed by atoms with E-state index in [1.165, 1.54) is 12.1 Å². The lowest BCUT2D eigenvalue weighted by Crippen LogP contribution is -2.14. The lowest BCUT2D eigenvalue weighted by Gasteiger charge is -2.03. The highest BCUT2D eigenvalue weighted by Crippen LogP contribution is 2.17. The molecule has 0 fully saturated rings. The molecule has 0 bridgehead atoms. The first kappa shape index (κ1) is 11.2. The van der Waals surface area contributed by atoms with Crippen LogP contribution in [0.2, 0.25) is 0 Å². The van der Waals surface area contributed by atoms with Gasteiger partial charge in [0.1, 0.15) is 0 Å². The largest absolute Gasteiger partial charge is 0.478 e. The number of nitrogens with one attached hydrogen (secondary N) is 2. The second-order valence-electron chi connectivity index (χ2n) is 3.21. The Bertz CT molecular complexity index is 689. The van der Waals surface area contributed by atoms with Crippen LogP contribution in [0.3, 0.4) is 0 Å². The first-order valence-electron chi connectivity index (χ1n) is 4.61. The summed E-state index contributed by atoms with van der Waals surface area (Å²) in [7, 11) is 0. The van der Waals surface area contributed by atoms with E-state index in [4.69, 9.17) is 17.3 Å². The Morgan fingerprint density at radius 1 is 1.35 bits per heavy atom. The zero-order chi connectivity index (χ0) is 12.4. The second-order valence-corrected chi connectivity index (χ2v) is 3.61. The molecule has 0 aliphatic heterocycles. The summed E-state index contributed by atoms with van der Waals surface area (Å²) in [6.07, 6.45) is 0. The number of aromatic nitrogens is 3. The van der Waals surface area contributed by atoms with E-state index in [-0.39, 0.29) is 21.6 Å². The van der Waals surface area contributed by atoms with E-state index in [0.29, 0.717) is 0 Å². The Labute approximate surface area is 100.0 Å². The van der Waals surface area contributed by atoms with Crippen molar-refractivity contribution >= 4 is 18.2 Å². The maximum Gasteiger partial charge on any atom is 0.336 e. The fourth-order valence-electron chi connectivity index (χ4n) is 1.41. The number of nitrogens with zero attached hydrogens (tertiary/aromatic N) is 1. The molecule has 0 aliphatic carbocycles. The van der Waals surface area contributed by atoms with Gasteiger partial charge in [-0.05, 0) is 18.3 Å².